The van der Waals surface area contributed by atoms with Crippen LogP contribution in [-0.2, 0) is 11.2 Å². The van der Waals surface area contributed by atoms with Gasteiger partial charge in [0.2, 0.25) is 0 Å². The van der Waals surface area contributed by atoms with Crippen molar-refractivity contribution >= 4 is 16.9 Å². The first-order chi connectivity index (χ1) is 23.8. The van der Waals surface area contributed by atoms with Crippen LogP contribution in [0.15, 0.2) is 52.4 Å². The number of rotatable bonds is 18. The number of amidine groups is 1. The Bertz CT molecular complexity index is 1820. The van der Waals surface area contributed by atoms with Gasteiger partial charge in [-0.25, -0.2) is 9.18 Å². The predicted octanol–water partition coefficient (Wildman–Crippen LogP) is 5.92. The molecule has 0 radical (unpaired) electrons. The van der Waals surface area contributed by atoms with E-state index in [0.29, 0.717) is 60.6 Å². The number of nitrogens with zero attached hydrogens (tertiary/aromatic N) is 3. The first-order valence-electron chi connectivity index (χ1n) is 16.5. The molecule has 0 aliphatic heterocycles. The standard InChI is InChI=1S/C35H45F4N7O4/c1-5-8-28(43-14-7-13-42-21(2)40)26-12-11-25(18-30(26)49-4)46-19-23-17-29(44-33(23)45-34(46)47)27-15-22(9-6-10-24(41)20-48-3)16-31(32(27)36)50-35(37,38)39/h11-12,15-19,24,28,43H,5-10,13-14,20,41H2,1-4H3,(H2,40,42)(H,44,45,47). The minimum atomic E-state index is -5.11. The zero-order valence-electron chi connectivity index (χ0n) is 28.7. The number of ether oxygens (including phenoxy) is 3. The summed E-state index contributed by atoms with van der Waals surface area (Å²) in [5, 5.41) is 3.98. The maximum Gasteiger partial charge on any atom is 0.573 e. The van der Waals surface area contributed by atoms with Gasteiger partial charge in [0.15, 0.2) is 11.6 Å². The second kappa shape index (κ2) is 17.5. The number of aromatic amines is 1. The van der Waals surface area contributed by atoms with Crippen LogP contribution in [0.5, 0.6) is 11.5 Å². The van der Waals surface area contributed by atoms with Gasteiger partial charge < -0.3 is 36.0 Å². The molecule has 272 valence electrons. The van der Waals surface area contributed by atoms with Crippen molar-refractivity contribution in [2.24, 2.45) is 16.5 Å². The van der Waals surface area contributed by atoms with Crippen LogP contribution in [0.2, 0.25) is 0 Å². The molecule has 0 saturated carbocycles. The molecule has 2 heterocycles. The topological polar surface area (TPSA) is 155 Å². The molecule has 0 saturated heterocycles. The zero-order chi connectivity index (χ0) is 36.4. The Hall–Kier alpha value is -4.47. The van der Waals surface area contributed by atoms with Crippen LogP contribution in [0.3, 0.4) is 0 Å². The Morgan fingerprint density at radius 3 is 2.58 bits per heavy atom. The third kappa shape index (κ3) is 10.3. The van der Waals surface area contributed by atoms with Crippen LogP contribution in [0, 0.1) is 5.82 Å². The van der Waals surface area contributed by atoms with E-state index < -0.39 is 23.6 Å². The molecule has 11 nitrogen and oxygen atoms in total. The Kier molecular flexibility index (Phi) is 13.4. The summed E-state index contributed by atoms with van der Waals surface area (Å²) < 4.78 is 71.4. The maximum absolute atomic E-state index is 15.6. The molecule has 50 heavy (non-hydrogen) atoms. The average Bonchev–Trinajstić information content (AvgIpc) is 3.46. The van der Waals surface area contributed by atoms with E-state index in [-0.39, 0.29) is 29.0 Å². The zero-order valence-corrected chi connectivity index (χ0v) is 28.7. The fourth-order valence-corrected chi connectivity index (χ4v) is 5.79. The van der Waals surface area contributed by atoms with Crippen molar-refractivity contribution in [3.8, 4) is 28.4 Å². The van der Waals surface area contributed by atoms with E-state index in [1.807, 2.05) is 6.07 Å². The van der Waals surface area contributed by atoms with Crippen LogP contribution in [-0.4, -0.2) is 66.7 Å². The van der Waals surface area contributed by atoms with Crippen LogP contribution >= 0.6 is 0 Å². The normalized spacial score (nSPS) is 13.5. The summed E-state index contributed by atoms with van der Waals surface area (Å²) in [4.78, 5) is 24.5. The van der Waals surface area contributed by atoms with E-state index in [2.05, 4.69) is 31.9 Å². The highest BCUT2D eigenvalue weighted by Gasteiger charge is 2.33. The van der Waals surface area contributed by atoms with Gasteiger partial charge in [0, 0.05) is 54.5 Å². The fourth-order valence-electron chi connectivity index (χ4n) is 5.79. The van der Waals surface area contributed by atoms with Gasteiger partial charge in [-0.3, -0.25) is 9.56 Å². The van der Waals surface area contributed by atoms with Crippen LogP contribution < -0.4 is 31.9 Å². The largest absolute Gasteiger partial charge is 0.573 e. The molecule has 4 aromatic rings. The van der Waals surface area contributed by atoms with Crippen molar-refractivity contribution in [3.05, 3.63) is 70.0 Å². The van der Waals surface area contributed by atoms with E-state index in [9.17, 15) is 18.0 Å². The summed E-state index contributed by atoms with van der Waals surface area (Å²) in [5.41, 5.74) is 12.9. The quantitative estimate of drug-likeness (QED) is 0.0431. The van der Waals surface area contributed by atoms with Gasteiger partial charge in [-0.2, -0.15) is 4.98 Å². The third-order valence-corrected chi connectivity index (χ3v) is 8.08. The van der Waals surface area contributed by atoms with E-state index in [1.54, 1.807) is 26.2 Å². The highest BCUT2D eigenvalue weighted by molar-refractivity contribution is 5.83. The smallest absolute Gasteiger partial charge is 0.496 e. The molecule has 0 aliphatic carbocycles. The van der Waals surface area contributed by atoms with E-state index in [0.717, 1.165) is 37.4 Å². The minimum absolute atomic E-state index is 0.00419. The molecule has 0 amide bonds. The second-order valence-corrected chi connectivity index (χ2v) is 12.1. The highest BCUT2D eigenvalue weighted by atomic mass is 19.4. The average molecular weight is 704 g/mol. The lowest BCUT2D eigenvalue weighted by molar-refractivity contribution is -0.275. The molecule has 6 N–H and O–H groups in total. The van der Waals surface area contributed by atoms with Crippen molar-refractivity contribution < 1.29 is 31.8 Å². The lowest BCUT2D eigenvalue weighted by Gasteiger charge is -2.22. The highest BCUT2D eigenvalue weighted by Crippen LogP contribution is 2.36. The number of aryl methyl sites for hydroxylation is 1. The van der Waals surface area contributed by atoms with Gasteiger partial charge in [-0.15, -0.1) is 13.2 Å². The van der Waals surface area contributed by atoms with Gasteiger partial charge in [0.1, 0.15) is 11.4 Å². The van der Waals surface area contributed by atoms with E-state index in [4.69, 9.17) is 20.9 Å². The van der Waals surface area contributed by atoms with Crippen molar-refractivity contribution in [1.29, 1.82) is 0 Å². The number of nitrogens with two attached hydrogens (primary N) is 2. The molecule has 4 rings (SSSR count). The summed E-state index contributed by atoms with van der Waals surface area (Å²) >= 11 is 0. The van der Waals surface area contributed by atoms with E-state index in [1.165, 1.54) is 30.0 Å². The SMILES string of the molecule is CCCC(NCCCN=C(C)N)c1ccc(-n2cc3cc(-c4cc(CCCC(N)COC)cc(OC(F)(F)F)c4F)[nH]c3nc2=O)cc1OC. The lowest BCUT2D eigenvalue weighted by Crippen LogP contribution is -2.25. The van der Waals surface area contributed by atoms with Crippen LogP contribution in [0.4, 0.5) is 17.6 Å². The molecule has 0 fully saturated rings. The number of hydrogen-bond acceptors (Lipinski definition) is 8. The molecular weight excluding hydrogens is 658 g/mol. The number of hydrogen-bond donors (Lipinski definition) is 4. The Labute approximate surface area is 288 Å². The second-order valence-electron chi connectivity index (χ2n) is 12.1. The fraction of sp³-hybridized carbons (Fsp3) is 0.457. The predicted molar refractivity (Wildman–Crippen MR) is 186 cm³/mol. The number of fused-ring (bicyclic) bond motifs is 1. The molecule has 2 aromatic heterocycles. The third-order valence-electron chi connectivity index (χ3n) is 8.08. The summed E-state index contributed by atoms with van der Waals surface area (Å²) in [6, 6.07) is 9.18. The first-order valence-corrected chi connectivity index (χ1v) is 16.5. The Balaban J connectivity index is 1.66. The van der Waals surface area contributed by atoms with Gasteiger partial charge >= 0.3 is 12.1 Å². The van der Waals surface area contributed by atoms with Crippen molar-refractivity contribution in [1.82, 2.24) is 19.9 Å². The van der Waals surface area contributed by atoms with Crippen LogP contribution in [0.1, 0.15) is 63.1 Å². The number of H-pyrrole nitrogens is 1. The number of benzene rings is 2. The van der Waals surface area contributed by atoms with Gasteiger partial charge in [0.25, 0.3) is 0 Å². The summed E-state index contributed by atoms with van der Waals surface area (Å²) in [6.45, 7) is 5.52. The van der Waals surface area contributed by atoms with Gasteiger partial charge in [0.05, 0.1) is 30.9 Å². The molecule has 2 atom stereocenters. The molecule has 0 spiro atoms. The van der Waals surface area contributed by atoms with Gasteiger partial charge in [-0.05, 0) is 75.4 Å². The number of aliphatic imine (C=N–C) groups is 1. The summed E-state index contributed by atoms with van der Waals surface area (Å²) in [6.07, 6.45) is 0.399. The molecule has 0 bridgehead atoms. The molecule has 0 aliphatic rings. The maximum atomic E-state index is 15.6. The van der Waals surface area contributed by atoms with Crippen molar-refractivity contribution in [3.63, 3.8) is 0 Å². The molecule has 15 heteroatoms. The molecular formula is C35H45F4N7O4. The number of alkyl halides is 3. The summed E-state index contributed by atoms with van der Waals surface area (Å²) in [7, 11) is 3.08. The number of aromatic nitrogens is 3. The summed E-state index contributed by atoms with van der Waals surface area (Å²) in [5.74, 6) is -1.05. The number of methoxy groups -OCH3 is 2. The monoisotopic (exact) mass is 703 g/mol. The van der Waals surface area contributed by atoms with Gasteiger partial charge in [-0.1, -0.05) is 19.4 Å². The molecule has 2 unspecified atom stereocenters. The number of nitrogens with one attached hydrogen (secondary N) is 2. The van der Waals surface area contributed by atoms with E-state index >= 15 is 4.39 Å². The van der Waals surface area contributed by atoms with Crippen LogP contribution in [0.25, 0.3) is 28.0 Å². The lowest BCUT2D eigenvalue weighted by atomic mass is 10.0. The Morgan fingerprint density at radius 2 is 1.90 bits per heavy atom. The van der Waals surface area contributed by atoms with Crippen molar-refractivity contribution in [2.45, 2.75) is 70.8 Å². The minimum Gasteiger partial charge on any atom is -0.496 e. The number of halogens is 4. The Morgan fingerprint density at radius 1 is 1.12 bits per heavy atom. The van der Waals surface area contributed by atoms with Crippen molar-refractivity contribution in [2.75, 3.05) is 33.9 Å². The first kappa shape index (κ1) is 38.3. The molecule has 2 aromatic carbocycles.